The van der Waals surface area contributed by atoms with Gasteiger partial charge in [0.15, 0.2) is 0 Å². The molecule has 0 atom stereocenters. The molecule has 1 N–H and O–H groups in total. The molecule has 0 radical (unpaired) electrons. The van der Waals surface area contributed by atoms with Crippen LogP contribution in [0.5, 0.6) is 0 Å². The molecule has 1 heterocycles. The molecule has 3 aromatic rings. The lowest BCUT2D eigenvalue weighted by atomic mass is 10.2. The van der Waals surface area contributed by atoms with Gasteiger partial charge in [0.25, 0.3) is 0 Å². The minimum atomic E-state index is -0.363. The van der Waals surface area contributed by atoms with Crippen molar-refractivity contribution in [3.05, 3.63) is 63.7 Å². The Hall–Kier alpha value is -1.95. The molecule has 26 heavy (non-hydrogen) atoms. The summed E-state index contributed by atoms with van der Waals surface area (Å²) in [5, 5.41) is 9.47. The third kappa shape index (κ3) is 4.06. The van der Waals surface area contributed by atoms with E-state index in [0.29, 0.717) is 23.2 Å². The van der Waals surface area contributed by atoms with Crippen molar-refractivity contribution in [2.45, 2.75) is 20.0 Å². The predicted molar refractivity (Wildman–Crippen MR) is 105 cm³/mol. The number of esters is 1. The van der Waals surface area contributed by atoms with Gasteiger partial charge in [0.1, 0.15) is 6.54 Å². The van der Waals surface area contributed by atoms with Gasteiger partial charge in [0, 0.05) is 0 Å². The lowest BCUT2D eigenvalue weighted by molar-refractivity contribution is -0.143. The summed E-state index contributed by atoms with van der Waals surface area (Å²) in [6, 6.07) is 13.0. The summed E-state index contributed by atoms with van der Waals surface area (Å²) in [5.74, 6) is -0.363. The van der Waals surface area contributed by atoms with Crippen molar-refractivity contribution >= 4 is 52.6 Å². The highest BCUT2D eigenvalue weighted by Crippen LogP contribution is 2.23. The van der Waals surface area contributed by atoms with Crippen LogP contribution in [0.3, 0.4) is 0 Å². The molecule has 0 bridgehead atoms. The van der Waals surface area contributed by atoms with Crippen LogP contribution >= 0.6 is 35.6 Å². The molecule has 0 saturated carbocycles. The van der Waals surface area contributed by atoms with Gasteiger partial charge in [0.2, 0.25) is 5.62 Å². The number of ether oxygens (including phenoxy) is 1. The normalized spacial score (nSPS) is 10.6. The zero-order chi connectivity index (χ0) is 18.0. The number of hydrogen-bond acceptors (Lipinski definition) is 3. The predicted octanol–water partition coefficient (Wildman–Crippen LogP) is 4.26. The highest BCUT2D eigenvalue weighted by atomic mass is 35.5. The Labute approximate surface area is 167 Å². The summed E-state index contributed by atoms with van der Waals surface area (Å²) in [6.07, 6.45) is 0. The van der Waals surface area contributed by atoms with Crippen LogP contribution < -0.4 is 5.62 Å². The van der Waals surface area contributed by atoms with Gasteiger partial charge in [-0.15, -0.1) is 12.4 Å². The Morgan fingerprint density at radius 2 is 1.73 bits per heavy atom. The number of rotatable bonds is 5. The van der Waals surface area contributed by atoms with Gasteiger partial charge in [-0.3, -0.25) is 14.8 Å². The Bertz CT molecular complexity index is 995. The maximum absolute atomic E-state index is 11.9. The van der Waals surface area contributed by atoms with Crippen molar-refractivity contribution in [1.82, 2.24) is 9.13 Å². The highest BCUT2D eigenvalue weighted by molar-refractivity contribution is 6.42. The standard InChI is InChI=1S/C18H17Cl2N3O2.ClH/c1-2-25-17(24)11-23-16-6-4-3-5-15(16)22(18(23)21)10-12-7-8-13(19)14(20)9-12;/h3-9,21H,2,10-11H2,1H3;1H. The third-order valence-corrected chi connectivity index (χ3v) is 4.63. The van der Waals surface area contributed by atoms with Crippen LogP contribution in [0.1, 0.15) is 12.5 Å². The molecule has 0 spiro atoms. The monoisotopic (exact) mass is 413 g/mol. The van der Waals surface area contributed by atoms with Gasteiger partial charge in [-0.25, -0.2) is 0 Å². The van der Waals surface area contributed by atoms with Crippen LogP contribution in [0.25, 0.3) is 11.0 Å². The first kappa shape index (κ1) is 20.4. The van der Waals surface area contributed by atoms with E-state index in [1.54, 1.807) is 23.6 Å². The van der Waals surface area contributed by atoms with Gasteiger partial charge in [-0.2, -0.15) is 0 Å². The van der Waals surface area contributed by atoms with Gasteiger partial charge in [-0.1, -0.05) is 41.4 Å². The lowest BCUT2D eigenvalue weighted by Gasteiger charge is -2.06. The second-order valence-electron chi connectivity index (χ2n) is 5.54. The fourth-order valence-corrected chi connectivity index (χ4v) is 3.09. The number of para-hydroxylation sites is 2. The smallest absolute Gasteiger partial charge is 0.326 e. The molecule has 0 saturated heterocycles. The SMILES string of the molecule is CCOC(=O)Cn1c(=N)n(Cc2ccc(Cl)c(Cl)c2)c2ccccc21.Cl. The van der Waals surface area contributed by atoms with E-state index in [2.05, 4.69) is 0 Å². The summed E-state index contributed by atoms with van der Waals surface area (Å²) < 4.78 is 8.49. The molecule has 1 aromatic heterocycles. The third-order valence-electron chi connectivity index (χ3n) is 3.89. The van der Waals surface area contributed by atoms with E-state index < -0.39 is 0 Å². The Balaban J connectivity index is 0.00000243. The first-order valence-corrected chi connectivity index (χ1v) is 8.59. The molecule has 0 fully saturated rings. The number of imidazole rings is 1. The van der Waals surface area contributed by atoms with Crippen LogP contribution in [-0.2, 0) is 22.6 Å². The van der Waals surface area contributed by atoms with Crippen molar-refractivity contribution in [2.75, 3.05) is 6.61 Å². The Morgan fingerprint density at radius 3 is 2.35 bits per heavy atom. The number of carbonyl (C=O) groups is 1. The van der Waals surface area contributed by atoms with Crippen LogP contribution in [-0.4, -0.2) is 21.7 Å². The summed E-state index contributed by atoms with van der Waals surface area (Å²) in [7, 11) is 0. The van der Waals surface area contributed by atoms with E-state index in [4.69, 9.17) is 33.3 Å². The van der Waals surface area contributed by atoms with Gasteiger partial charge in [0.05, 0.1) is 34.2 Å². The summed E-state index contributed by atoms with van der Waals surface area (Å²) in [5.41, 5.74) is 2.82. The van der Waals surface area contributed by atoms with E-state index in [1.165, 1.54) is 0 Å². The second-order valence-corrected chi connectivity index (χ2v) is 6.35. The average Bonchev–Trinajstić information content (AvgIpc) is 2.84. The zero-order valence-corrected chi connectivity index (χ0v) is 16.4. The largest absolute Gasteiger partial charge is 0.465 e. The fraction of sp³-hybridized carbons (Fsp3) is 0.222. The number of aromatic nitrogens is 2. The summed E-state index contributed by atoms with van der Waals surface area (Å²) >= 11 is 12.1. The maximum atomic E-state index is 11.9. The molecule has 8 heteroatoms. The summed E-state index contributed by atoms with van der Waals surface area (Å²) in [6.45, 7) is 2.53. The second kappa shape index (κ2) is 8.62. The molecular formula is C18H18Cl3N3O2. The van der Waals surface area contributed by atoms with Crippen molar-refractivity contribution < 1.29 is 9.53 Å². The lowest BCUT2D eigenvalue weighted by Crippen LogP contribution is -2.28. The van der Waals surface area contributed by atoms with Gasteiger partial charge in [-0.05, 0) is 36.8 Å². The van der Waals surface area contributed by atoms with Crippen molar-refractivity contribution in [3.8, 4) is 0 Å². The number of nitrogens with one attached hydrogen (secondary N) is 1. The minimum Gasteiger partial charge on any atom is -0.465 e. The molecule has 5 nitrogen and oxygen atoms in total. The van der Waals surface area contributed by atoms with E-state index in [0.717, 1.165) is 16.6 Å². The molecule has 0 aliphatic carbocycles. The van der Waals surface area contributed by atoms with Crippen LogP contribution in [0.4, 0.5) is 0 Å². The Morgan fingerprint density at radius 1 is 1.08 bits per heavy atom. The molecule has 2 aromatic carbocycles. The van der Waals surface area contributed by atoms with Gasteiger partial charge >= 0.3 is 5.97 Å². The molecule has 0 unspecified atom stereocenters. The molecule has 3 rings (SSSR count). The first-order chi connectivity index (χ1) is 12.0. The molecular weight excluding hydrogens is 397 g/mol. The average molecular weight is 415 g/mol. The van der Waals surface area contributed by atoms with Crippen LogP contribution in [0, 0.1) is 5.41 Å². The van der Waals surface area contributed by atoms with E-state index >= 15 is 0 Å². The number of carbonyl (C=O) groups excluding carboxylic acids is 1. The number of halogens is 3. The highest BCUT2D eigenvalue weighted by Gasteiger charge is 2.14. The quantitative estimate of drug-likeness (QED) is 0.634. The number of benzene rings is 2. The summed E-state index contributed by atoms with van der Waals surface area (Å²) in [4.78, 5) is 11.9. The van der Waals surface area contributed by atoms with Crippen molar-refractivity contribution in [3.63, 3.8) is 0 Å². The van der Waals surface area contributed by atoms with E-state index in [9.17, 15) is 4.79 Å². The number of hydrogen-bond donors (Lipinski definition) is 1. The molecule has 0 aliphatic rings. The topological polar surface area (TPSA) is 60.0 Å². The molecule has 0 amide bonds. The molecule has 138 valence electrons. The van der Waals surface area contributed by atoms with Gasteiger partial charge < -0.3 is 9.30 Å². The minimum absolute atomic E-state index is 0. The number of fused-ring (bicyclic) bond motifs is 1. The van der Waals surface area contributed by atoms with Crippen LogP contribution in [0.15, 0.2) is 42.5 Å². The maximum Gasteiger partial charge on any atom is 0.326 e. The Kier molecular flexibility index (Phi) is 6.75. The zero-order valence-electron chi connectivity index (χ0n) is 14.0. The number of nitrogens with zero attached hydrogens (tertiary/aromatic N) is 2. The fourth-order valence-electron chi connectivity index (χ4n) is 2.77. The van der Waals surface area contributed by atoms with Crippen LogP contribution in [0.2, 0.25) is 10.0 Å². The van der Waals surface area contributed by atoms with E-state index in [1.807, 2.05) is 34.9 Å². The van der Waals surface area contributed by atoms with Crippen molar-refractivity contribution in [1.29, 1.82) is 5.41 Å². The first-order valence-electron chi connectivity index (χ1n) is 7.83. The van der Waals surface area contributed by atoms with Crippen molar-refractivity contribution in [2.24, 2.45) is 0 Å². The van der Waals surface area contributed by atoms with E-state index in [-0.39, 0.29) is 30.5 Å². The molecule has 0 aliphatic heterocycles.